The molecule has 4 fully saturated rings. The average molecular weight is 409 g/mol. The summed E-state index contributed by atoms with van der Waals surface area (Å²) in [6.45, 7) is -0.624. The van der Waals surface area contributed by atoms with Crippen LogP contribution < -0.4 is 10.6 Å². The van der Waals surface area contributed by atoms with Crippen LogP contribution in [0.4, 0.5) is 9.18 Å². The lowest BCUT2D eigenvalue weighted by Crippen LogP contribution is -2.62. The van der Waals surface area contributed by atoms with E-state index in [1.165, 1.54) is 25.3 Å². The Labute approximate surface area is 167 Å². The van der Waals surface area contributed by atoms with Crippen LogP contribution in [0.3, 0.4) is 0 Å². The molecule has 0 unspecified atom stereocenters. The van der Waals surface area contributed by atoms with Gasteiger partial charge < -0.3 is 10.1 Å². The summed E-state index contributed by atoms with van der Waals surface area (Å²) in [6, 6.07) is 2.68. The summed E-state index contributed by atoms with van der Waals surface area (Å²) in [6.07, 6.45) is 6.67. The van der Waals surface area contributed by atoms with Crippen molar-refractivity contribution in [2.75, 3.05) is 6.61 Å². The van der Waals surface area contributed by atoms with Gasteiger partial charge in [-0.2, -0.15) is 0 Å². The molecule has 1 aromatic rings. The minimum atomic E-state index is -0.860. The first-order chi connectivity index (χ1) is 13.3. The third-order valence-corrected chi connectivity index (χ3v) is 6.47. The summed E-state index contributed by atoms with van der Waals surface area (Å²) >= 11 is 5.79. The van der Waals surface area contributed by atoms with Gasteiger partial charge in [-0.1, -0.05) is 11.6 Å². The molecule has 8 heteroatoms. The number of ether oxygens (including phenoxy) is 1. The van der Waals surface area contributed by atoms with Crippen molar-refractivity contribution in [3.63, 3.8) is 0 Å². The predicted molar refractivity (Wildman–Crippen MR) is 99.3 cm³/mol. The molecule has 4 aliphatic rings. The first-order valence-corrected chi connectivity index (χ1v) is 9.94. The Hall–Kier alpha value is -2.15. The minimum absolute atomic E-state index is 0.0473. The number of esters is 1. The maximum Gasteiger partial charge on any atom is 0.340 e. The van der Waals surface area contributed by atoms with Gasteiger partial charge in [-0.05, 0) is 74.5 Å². The van der Waals surface area contributed by atoms with Gasteiger partial charge in [0.2, 0.25) is 0 Å². The van der Waals surface area contributed by atoms with Crippen molar-refractivity contribution < 1.29 is 23.5 Å². The third-order valence-electron chi connectivity index (χ3n) is 6.16. The molecule has 2 N–H and O–H groups in total. The second-order valence-electron chi connectivity index (χ2n) is 8.40. The highest BCUT2D eigenvalue weighted by atomic mass is 35.5. The zero-order chi connectivity index (χ0) is 19.9. The van der Waals surface area contributed by atoms with Gasteiger partial charge >= 0.3 is 12.0 Å². The lowest BCUT2D eigenvalue weighted by atomic mass is 9.53. The van der Waals surface area contributed by atoms with Crippen LogP contribution in [-0.4, -0.2) is 30.1 Å². The molecule has 0 radical (unpaired) electrons. The highest BCUT2D eigenvalue weighted by molar-refractivity contribution is 6.33. The van der Waals surface area contributed by atoms with Gasteiger partial charge in [0.15, 0.2) is 6.61 Å². The molecule has 4 saturated carbocycles. The molecule has 0 aromatic heterocycles. The Kier molecular flexibility index (Phi) is 5.04. The van der Waals surface area contributed by atoms with E-state index >= 15 is 0 Å². The number of halogens is 2. The van der Waals surface area contributed by atoms with Crippen LogP contribution in [-0.2, 0) is 9.53 Å². The second kappa shape index (κ2) is 7.35. The molecule has 3 amide bonds. The van der Waals surface area contributed by atoms with E-state index in [2.05, 4.69) is 10.6 Å². The van der Waals surface area contributed by atoms with E-state index in [0.717, 1.165) is 31.4 Å². The van der Waals surface area contributed by atoms with Crippen LogP contribution in [0.15, 0.2) is 18.2 Å². The van der Waals surface area contributed by atoms with Crippen molar-refractivity contribution in [1.29, 1.82) is 0 Å². The molecule has 4 aliphatic carbocycles. The molecule has 6 nitrogen and oxygen atoms in total. The van der Waals surface area contributed by atoms with E-state index < -0.39 is 30.3 Å². The number of carbonyl (C=O) groups excluding carboxylic acids is 3. The van der Waals surface area contributed by atoms with Crippen molar-refractivity contribution in [3.8, 4) is 0 Å². The summed E-state index contributed by atoms with van der Waals surface area (Å²) in [7, 11) is 0. The molecule has 0 aliphatic heterocycles. The molecule has 5 rings (SSSR count). The maximum atomic E-state index is 13.0. The summed E-state index contributed by atoms with van der Waals surface area (Å²) in [5.41, 5.74) is -0.258. The fourth-order valence-corrected chi connectivity index (χ4v) is 5.81. The second-order valence-corrected chi connectivity index (χ2v) is 8.81. The topological polar surface area (TPSA) is 84.5 Å². The third kappa shape index (κ3) is 3.99. The van der Waals surface area contributed by atoms with Gasteiger partial charge in [-0.25, -0.2) is 14.0 Å². The van der Waals surface area contributed by atoms with Crippen molar-refractivity contribution >= 4 is 29.5 Å². The number of amides is 3. The van der Waals surface area contributed by atoms with Crippen LogP contribution in [0, 0.1) is 23.6 Å². The molecular formula is C20H22ClFN2O4. The Balaban J connectivity index is 1.27. The largest absolute Gasteiger partial charge is 0.452 e. The van der Waals surface area contributed by atoms with Crippen molar-refractivity contribution in [3.05, 3.63) is 34.6 Å². The Bertz CT molecular complexity index is 793. The lowest BCUT2D eigenvalue weighted by Gasteiger charge is -2.56. The van der Waals surface area contributed by atoms with Crippen molar-refractivity contribution in [2.45, 2.75) is 44.1 Å². The van der Waals surface area contributed by atoms with Crippen LogP contribution in [0.25, 0.3) is 0 Å². The number of nitrogens with one attached hydrogen (secondary N) is 2. The molecule has 4 bridgehead atoms. The number of hydrogen-bond donors (Lipinski definition) is 2. The Morgan fingerprint density at radius 3 is 2.29 bits per heavy atom. The Morgan fingerprint density at radius 2 is 1.71 bits per heavy atom. The zero-order valence-electron chi connectivity index (χ0n) is 15.3. The van der Waals surface area contributed by atoms with E-state index in [0.29, 0.717) is 17.8 Å². The maximum absolute atomic E-state index is 13.0. The van der Waals surface area contributed by atoms with Gasteiger partial charge in [0.25, 0.3) is 5.91 Å². The van der Waals surface area contributed by atoms with Crippen molar-refractivity contribution in [2.24, 2.45) is 17.8 Å². The van der Waals surface area contributed by atoms with E-state index in [1.807, 2.05) is 0 Å². The molecule has 28 heavy (non-hydrogen) atoms. The van der Waals surface area contributed by atoms with Crippen LogP contribution >= 0.6 is 11.6 Å². The molecule has 1 aromatic carbocycles. The zero-order valence-corrected chi connectivity index (χ0v) is 16.1. The average Bonchev–Trinajstić information content (AvgIpc) is 2.57. The standard InChI is InChI=1S/C20H22ClFN2O4/c21-16-6-14(22)1-2-15(16)18(26)28-10-17(25)23-19(27)24-20-7-11-3-12(8-20)5-13(4-11)9-20/h1-2,6,11-13H,3-5,7-10H2,(H2,23,24,25,27). The molecule has 0 heterocycles. The summed E-state index contributed by atoms with van der Waals surface area (Å²) in [5, 5.41) is 5.14. The molecular weight excluding hydrogens is 387 g/mol. The number of hydrogen-bond acceptors (Lipinski definition) is 4. The number of urea groups is 1. The quantitative estimate of drug-likeness (QED) is 0.747. The number of benzene rings is 1. The smallest absolute Gasteiger partial charge is 0.340 e. The van der Waals surface area contributed by atoms with Gasteiger partial charge in [-0.15, -0.1) is 0 Å². The summed E-state index contributed by atoms with van der Waals surface area (Å²) in [4.78, 5) is 36.2. The predicted octanol–water partition coefficient (Wildman–Crippen LogP) is 3.43. The van der Waals surface area contributed by atoms with E-state index in [9.17, 15) is 18.8 Å². The van der Waals surface area contributed by atoms with Crippen LogP contribution in [0.5, 0.6) is 0 Å². The first kappa shape index (κ1) is 19.2. The van der Waals surface area contributed by atoms with Gasteiger partial charge in [0.05, 0.1) is 10.6 Å². The van der Waals surface area contributed by atoms with Gasteiger partial charge in [-0.3, -0.25) is 10.1 Å². The first-order valence-electron chi connectivity index (χ1n) is 9.56. The van der Waals surface area contributed by atoms with Crippen LogP contribution in [0.2, 0.25) is 5.02 Å². The normalized spacial score (nSPS) is 30.0. The monoisotopic (exact) mass is 408 g/mol. The molecule has 0 atom stereocenters. The number of imide groups is 1. The van der Waals surface area contributed by atoms with Gasteiger partial charge in [0, 0.05) is 5.54 Å². The molecule has 150 valence electrons. The molecule has 0 saturated heterocycles. The van der Waals surface area contributed by atoms with Gasteiger partial charge in [0.1, 0.15) is 5.82 Å². The highest BCUT2D eigenvalue weighted by Crippen LogP contribution is 2.55. The van der Waals surface area contributed by atoms with E-state index in [4.69, 9.17) is 16.3 Å². The minimum Gasteiger partial charge on any atom is -0.452 e. The summed E-state index contributed by atoms with van der Waals surface area (Å²) < 4.78 is 17.9. The number of rotatable bonds is 4. The highest BCUT2D eigenvalue weighted by Gasteiger charge is 2.51. The SMILES string of the molecule is O=C(COC(=O)c1ccc(F)cc1Cl)NC(=O)NC12CC3CC(CC(C3)C1)C2. The van der Waals surface area contributed by atoms with Crippen LogP contribution in [0.1, 0.15) is 48.9 Å². The fourth-order valence-electron chi connectivity index (χ4n) is 5.56. The van der Waals surface area contributed by atoms with E-state index in [1.54, 1.807) is 0 Å². The summed E-state index contributed by atoms with van der Waals surface area (Å²) in [5.74, 6) is -0.160. The fraction of sp³-hybridized carbons (Fsp3) is 0.550. The lowest BCUT2D eigenvalue weighted by molar-refractivity contribution is -0.123. The van der Waals surface area contributed by atoms with Crippen molar-refractivity contribution in [1.82, 2.24) is 10.6 Å². The number of carbonyl (C=O) groups is 3. The van der Waals surface area contributed by atoms with E-state index in [-0.39, 0.29) is 16.1 Å². The molecule has 0 spiro atoms. The Morgan fingerprint density at radius 1 is 1.11 bits per heavy atom.